The number of rotatable bonds is 5. The SMILES string of the molecule is CCN(c1ccc([N+](=O)[O-])cc1Cl)C1COCC1C(=O)O. The number of nitro benzene ring substituents is 1. The predicted molar refractivity (Wildman–Crippen MR) is 76.9 cm³/mol. The fourth-order valence-electron chi connectivity index (χ4n) is 2.51. The normalized spacial score (nSPS) is 21.2. The van der Waals surface area contributed by atoms with Crippen molar-refractivity contribution in [1.82, 2.24) is 0 Å². The molecule has 1 heterocycles. The van der Waals surface area contributed by atoms with Crippen LogP contribution >= 0.6 is 11.6 Å². The molecule has 0 amide bonds. The first-order valence-electron chi connectivity index (χ1n) is 6.46. The number of halogens is 1. The van der Waals surface area contributed by atoms with E-state index in [2.05, 4.69) is 0 Å². The number of hydrogen-bond acceptors (Lipinski definition) is 5. The zero-order valence-corrected chi connectivity index (χ0v) is 12.1. The average Bonchev–Trinajstić information content (AvgIpc) is 2.90. The van der Waals surface area contributed by atoms with Gasteiger partial charge in [0.15, 0.2) is 0 Å². The Hall–Kier alpha value is -1.86. The lowest BCUT2D eigenvalue weighted by Crippen LogP contribution is -2.43. The van der Waals surface area contributed by atoms with Crippen LogP contribution in [0, 0.1) is 16.0 Å². The van der Waals surface area contributed by atoms with E-state index in [4.69, 9.17) is 16.3 Å². The molecule has 1 aromatic carbocycles. The van der Waals surface area contributed by atoms with Gasteiger partial charge in [0.2, 0.25) is 0 Å². The third-order valence-electron chi connectivity index (χ3n) is 3.56. The van der Waals surface area contributed by atoms with Crippen molar-refractivity contribution in [2.45, 2.75) is 13.0 Å². The number of carboxylic acids is 1. The van der Waals surface area contributed by atoms with E-state index >= 15 is 0 Å². The maximum atomic E-state index is 11.3. The first-order valence-corrected chi connectivity index (χ1v) is 6.84. The molecule has 0 bridgehead atoms. The molecule has 2 unspecified atom stereocenters. The van der Waals surface area contributed by atoms with E-state index in [0.29, 0.717) is 12.2 Å². The standard InChI is InChI=1S/C13H15ClN2O5/c1-2-15(12-7-21-6-9(12)13(17)18)11-4-3-8(16(19)20)5-10(11)14/h3-5,9,12H,2,6-7H2,1H3,(H,17,18). The van der Waals surface area contributed by atoms with E-state index < -0.39 is 16.8 Å². The third-order valence-corrected chi connectivity index (χ3v) is 3.86. The van der Waals surface area contributed by atoms with Gasteiger partial charge in [-0.25, -0.2) is 0 Å². The van der Waals surface area contributed by atoms with Crippen molar-refractivity contribution in [3.05, 3.63) is 33.3 Å². The number of carboxylic acid groups (broad SMARTS) is 1. The van der Waals surface area contributed by atoms with Gasteiger partial charge in [0.25, 0.3) is 5.69 Å². The lowest BCUT2D eigenvalue weighted by Gasteiger charge is -2.32. The number of likely N-dealkylation sites (N-methyl/N-ethyl adjacent to an activating group) is 1. The number of hydrogen-bond donors (Lipinski definition) is 1. The van der Waals surface area contributed by atoms with E-state index in [1.807, 2.05) is 11.8 Å². The van der Waals surface area contributed by atoms with Gasteiger partial charge in [-0.1, -0.05) is 11.6 Å². The molecule has 1 saturated heterocycles. The number of ether oxygens (including phenoxy) is 1. The molecule has 1 fully saturated rings. The van der Waals surface area contributed by atoms with Crippen LogP contribution in [-0.2, 0) is 9.53 Å². The third kappa shape index (κ3) is 3.08. The largest absolute Gasteiger partial charge is 0.481 e. The number of non-ortho nitro benzene ring substituents is 1. The van der Waals surface area contributed by atoms with Crippen molar-refractivity contribution in [3.8, 4) is 0 Å². The summed E-state index contributed by atoms with van der Waals surface area (Å²) in [4.78, 5) is 23.3. The van der Waals surface area contributed by atoms with E-state index in [1.165, 1.54) is 12.1 Å². The first-order chi connectivity index (χ1) is 9.95. The Morgan fingerprint density at radius 2 is 2.29 bits per heavy atom. The summed E-state index contributed by atoms with van der Waals surface area (Å²) < 4.78 is 5.26. The van der Waals surface area contributed by atoms with E-state index in [1.54, 1.807) is 6.07 Å². The molecule has 114 valence electrons. The van der Waals surface area contributed by atoms with Gasteiger partial charge in [-0.15, -0.1) is 0 Å². The fourth-order valence-corrected chi connectivity index (χ4v) is 2.80. The van der Waals surface area contributed by atoms with Gasteiger partial charge in [-0.3, -0.25) is 14.9 Å². The van der Waals surface area contributed by atoms with E-state index in [-0.39, 0.29) is 30.0 Å². The quantitative estimate of drug-likeness (QED) is 0.661. The van der Waals surface area contributed by atoms with Gasteiger partial charge in [0, 0.05) is 18.7 Å². The summed E-state index contributed by atoms with van der Waals surface area (Å²) in [6.45, 7) is 2.84. The molecule has 21 heavy (non-hydrogen) atoms. The van der Waals surface area contributed by atoms with Crippen LogP contribution in [0.3, 0.4) is 0 Å². The summed E-state index contributed by atoms with van der Waals surface area (Å²) in [5, 5.41) is 20.2. The van der Waals surface area contributed by atoms with Crippen LogP contribution in [-0.4, -0.2) is 41.8 Å². The number of nitrogens with zero attached hydrogens (tertiary/aromatic N) is 2. The lowest BCUT2D eigenvalue weighted by molar-refractivity contribution is -0.384. The maximum absolute atomic E-state index is 11.3. The van der Waals surface area contributed by atoms with Gasteiger partial charge in [0.05, 0.1) is 34.9 Å². The highest BCUT2D eigenvalue weighted by Crippen LogP contribution is 2.33. The minimum absolute atomic E-state index is 0.0998. The minimum Gasteiger partial charge on any atom is -0.481 e. The Morgan fingerprint density at radius 3 is 2.81 bits per heavy atom. The Labute approximate surface area is 126 Å². The van der Waals surface area contributed by atoms with E-state index in [0.717, 1.165) is 0 Å². The zero-order chi connectivity index (χ0) is 15.6. The Morgan fingerprint density at radius 1 is 1.57 bits per heavy atom. The molecule has 0 saturated carbocycles. The van der Waals surface area contributed by atoms with Crippen molar-refractivity contribution >= 4 is 28.9 Å². The van der Waals surface area contributed by atoms with Crippen LogP contribution in [0.4, 0.5) is 11.4 Å². The number of benzene rings is 1. The molecule has 0 aromatic heterocycles. The first kappa shape index (κ1) is 15.5. The number of carbonyl (C=O) groups is 1. The van der Waals surface area contributed by atoms with Gasteiger partial charge < -0.3 is 14.7 Å². The Bertz CT molecular complexity index is 565. The zero-order valence-electron chi connectivity index (χ0n) is 11.4. The van der Waals surface area contributed by atoms with Gasteiger partial charge in [0.1, 0.15) is 5.92 Å². The van der Waals surface area contributed by atoms with Crippen LogP contribution in [0.25, 0.3) is 0 Å². The summed E-state index contributed by atoms with van der Waals surface area (Å²) >= 11 is 6.12. The highest BCUT2D eigenvalue weighted by molar-refractivity contribution is 6.33. The van der Waals surface area contributed by atoms with Crippen molar-refractivity contribution < 1.29 is 19.6 Å². The Balaban J connectivity index is 2.33. The second kappa shape index (κ2) is 6.28. The van der Waals surface area contributed by atoms with Crippen LogP contribution in [0.5, 0.6) is 0 Å². The summed E-state index contributed by atoms with van der Waals surface area (Å²) in [5.74, 6) is -1.56. The number of nitro groups is 1. The van der Waals surface area contributed by atoms with Crippen molar-refractivity contribution in [2.24, 2.45) is 5.92 Å². The summed E-state index contributed by atoms with van der Waals surface area (Å²) in [5.41, 5.74) is 0.476. The van der Waals surface area contributed by atoms with Gasteiger partial charge in [-0.05, 0) is 13.0 Å². The number of aliphatic carboxylic acids is 1. The molecule has 1 N–H and O–H groups in total. The smallest absolute Gasteiger partial charge is 0.311 e. The molecule has 0 aliphatic carbocycles. The molecule has 2 rings (SSSR count). The summed E-state index contributed by atoms with van der Waals surface area (Å²) in [6, 6.07) is 3.83. The molecule has 2 atom stereocenters. The number of anilines is 1. The lowest BCUT2D eigenvalue weighted by atomic mass is 10.0. The monoisotopic (exact) mass is 314 g/mol. The van der Waals surface area contributed by atoms with Crippen LogP contribution in [0.15, 0.2) is 18.2 Å². The maximum Gasteiger partial charge on any atom is 0.311 e. The minimum atomic E-state index is -0.922. The second-order valence-electron chi connectivity index (χ2n) is 4.73. The van der Waals surface area contributed by atoms with Gasteiger partial charge in [-0.2, -0.15) is 0 Å². The molecule has 7 nitrogen and oxygen atoms in total. The second-order valence-corrected chi connectivity index (χ2v) is 5.14. The highest BCUT2D eigenvalue weighted by Gasteiger charge is 2.38. The topological polar surface area (TPSA) is 92.9 Å². The highest BCUT2D eigenvalue weighted by atomic mass is 35.5. The average molecular weight is 315 g/mol. The van der Waals surface area contributed by atoms with Crippen molar-refractivity contribution in [3.63, 3.8) is 0 Å². The van der Waals surface area contributed by atoms with Crippen LogP contribution < -0.4 is 4.90 Å². The van der Waals surface area contributed by atoms with Crippen LogP contribution in [0.1, 0.15) is 6.92 Å². The van der Waals surface area contributed by atoms with E-state index in [9.17, 15) is 20.0 Å². The summed E-state index contributed by atoms with van der Waals surface area (Å²) in [7, 11) is 0. The predicted octanol–water partition coefficient (Wildman–Crippen LogP) is 2.17. The molecule has 1 aromatic rings. The summed E-state index contributed by atoms with van der Waals surface area (Å²) in [6.07, 6.45) is 0. The molecule has 0 spiro atoms. The molecule has 1 aliphatic heterocycles. The molecular formula is C13H15ClN2O5. The molecule has 8 heteroatoms. The van der Waals surface area contributed by atoms with Gasteiger partial charge >= 0.3 is 5.97 Å². The molecule has 0 radical (unpaired) electrons. The van der Waals surface area contributed by atoms with Crippen molar-refractivity contribution in [1.29, 1.82) is 0 Å². The van der Waals surface area contributed by atoms with Crippen LogP contribution in [0.2, 0.25) is 5.02 Å². The molecule has 1 aliphatic rings. The molecular weight excluding hydrogens is 300 g/mol. The van der Waals surface area contributed by atoms with Crippen molar-refractivity contribution in [2.75, 3.05) is 24.7 Å². The Kier molecular flexibility index (Phi) is 4.64. The fraction of sp³-hybridized carbons (Fsp3) is 0.462.